The summed E-state index contributed by atoms with van der Waals surface area (Å²) in [5, 5.41) is 0. The Morgan fingerprint density at radius 1 is 1.50 bits per heavy atom. The van der Waals surface area contributed by atoms with Crippen LogP contribution in [0.5, 0.6) is 5.75 Å². The van der Waals surface area contributed by atoms with Crippen LogP contribution in [0.4, 0.5) is 4.39 Å². The van der Waals surface area contributed by atoms with E-state index >= 15 is 0 Å². The predicted molar refractivity (Wildman–Crippen MR) is 66.7 cm³/mol. The van der Waals surface area contributed by atoms with Crippen LogP contribution >= 0.6 is 0 Å². The van der Waals surface area contributed by atoms with Crippen LogP contribution < -0.4 is 10.5 Å². The first-order chi connectivity index (χ1) is 8.37. The van der Waals surface area contributed by atoms with E-state index in [0.29, 0.717) is 17.7 Å². The van der Waals surface area contributed by atoms with E-state index in [1.807, 2.05) is 0 Å². The summed E-state index contributed by atoms with van der Waals surface area (Å²) in [6.07, 6.45) is 0.0336. The van der Waals surface area contributed by atoms with Crippen molar-refractivity contribution in [2.24, 2.45) is 5.73 Å². The minimum atomic E-state index is -3.01. The van der Waals surface area contributed by atoms with E-state index in [9.17, 15) is 12.8 Å². The van der Waals surface area contributed by atoms with Gasteiger partial charge in [0, 0.05) is 17.7 Å². The van der Waals surface area contributed by atoms with Crippen molar-refractivity contribution in [3.63, 3.8) is 0 Å². The summed E-state index contributed by atoms with van der Waals surface area (Å²) in [6, 6.07) is 3.85. The van der Waals surface area contributed by atoms with Crippen molar-refractivity contribution >= 4 is 9.84 Å². The Kier molecular flexibility index (Phi) is 3.59. The lowest BCUT2D eigenvalue weighted by Gasteiger charge is -2.17. The monoisotopic (exact) mass is 273 g/mol. The number of rotatable bonds is 3. The molecule has 1 saturated heterocycles. The third-order valence-corrected chi connectivity index (χ3v) is 4.69. The molecular weight excluding hydrogens is 257 g/mol. The molecule has 0 aromatic heterocycles. The van der Waals surface area contributed by atoms with Gasteiger partial charge in [0.05, 0.1) is 11.5 Å². The molecule has 2 rings (SSSR count). The van der Waals surface area contributed by atoms with Gasteiger partial charge in [0.1, 0.15) is 17.7 Å². The summed E-state index contributed by atoms with van der Waals surface area (Å²) in [7, 11) is -3.01. The molecular formula is C12H16FNO3S. The normalized spacial score (nSPS) is 23.8. The van der Waals surface area contributed by atoms with Gasteiger partial charge in [0.2, 0.25) is 0 Å². The number of sulfone groups is 1. The number of hydrogen-bond acceptors (Lipinski definition) is 4. The van der Waals surface area contributed by atoms with E-state index in [-0.39, 0.29) is 17.5 Å². The Morgan fingerprint density at radius 3 is 2.78 bits per heavy atom. The van der Waals surface area contributed by atoms with Gasteiger partial charge in [0.15, 0.2) is 9.84 Å². The van der Waals surface area contributed by atoms with Gasteiger partial charge >= 0.3 is 0 Å². The Hall–Kier alpha value is -1.14. The molecule has 1 aliphatic heterocycles. The van der Waals surface area contributed by atoms with Crippen molar-refractivity contribution in [1.82, 2.24) is 0 Å². The Bertz CT molecular complexity index is 542. The zero-order valence-corrected chi connectivity index (χ0v) is 10.9. The van der Waals surface area contributed by atoms with E-state index in [1.165, 1.54) is 12.1 Å². The van der Waals surface area contributed by atoms with Crippen LogP contribution in [0.15, 0.2) is 18.2 Å². The molecule has 1 aromatic carbocycles. The fraction of sp³-hybridized carbons (Fsp3) is 0.500. The topological polar surface area (TPSA) is 69.4 Å². The Labute approximate surface area is 106 Å². The fourth-order valence-electron chi connectivity index (χ4n) is 2.02. The number of benzene rings is 1. The van der Waals surface area contributed by atoms with Crippen LogP contribution in [0.1, 0.15) is 24.9 Å². The van der Waals surface area contributed by atoms with E-state index in [2.05, 4.69) is 0 Å². The van der Waals surface area contributed by atoms with Gasteiger partial charge in [-0.1, -0.05) is 6.07 Å². The molecule has 0 bridgehead atoms. The molecule has 0 radical (unpaired) electrons. The summed E-state index contributed by atoms with van der Waals surface area (Å²) in [6.45, 7) is 1.77. The zero-order chi connectivity index (χ0) is 13.3. The Morgan fingerprint density at radius 2 is 2.22 bits per heavy atom. The molecule has 1 fully saturated rings. The summed E-state index contributed by atoms with van der Waals surface area (Å²) in [4.78, 5) is 0. The average molecular weight is 273 g/mol. The zero-order valence-electron chi connectivity index (χ0n) is 10.1. The smallest absolute Gasteiger partial charge is 0.154 e. The molecule has 0 spiro atoms. The highest BCUT2D eigenvalue weighted by molar-refractivity contribution is 7.91. The molecule has 100 valence electrons. The summed E-state index contributed by atoms with van der Waals surface area (Å²) in [5.74, 6) is 0.0323. The maximum absolute atomic E-state index is 13.2. The highest BCUT2D eigenvalue weighted by Crippen LogP contribution is 2.28. The van der Waals surface area contributed by atoms with Crippen LogP contribution in [0.25, 0.3) is 0 Å². The van der Waals surface area contributed by atoms with Crippen molar-refractivity contribution in [2.45, 2.75) is 25.5 Å². The first-order valence-corrected chi connectivity index (χ1v) is 7.61. The minimum absolute atomic E-state index is 0.0120. The molecule has 1 aromatic rings. The standard InChI is InChI=1S/C12H16FNO3S/c1-8(14)11-3-2-9(13)6-12(11)17-10-4-5-18(15,16)7-10/h2-3,6,8,10H,4-5,7,14H2,1H3/t8-,10?/m1/s1. The molecule has 4 nitrogen and oxygen atoms in total. The summed E-state index contributed by atoms with van der Waals surface area (Å²) in [5.41, 5.74) is 6.45. The Balaban J connectivity index is 2.21. The third-order valence-electron chi connectivity index (χ3n) is 2.95. The molecule has 18 heavy (non-hydrogen) atoms. The van der Waals surface area contributed by atoms with E-state index in [1.54, 1.807) is 13.0 Å². The van der Waals surface area contributed by atoms with Crippen LogP contribution in [0.2, 0.25) is 0 Å². The molecule has 0 amide bonds. The van der Waals surface area contributed by atoms with Crippen molar-refractivity contribution in [1.29, 1.82) is 0 Å². The molecule has 2 N–H and O–H groups in total. The van der Waals surface area contributed by atoms with Crippen molar-refractivity contribution in [3.05, 3.63) is 29.6 Å². The minimum Gasteiger partial charge on any atom is -0.489 e. The largest absolute Gasteiger partial charge is 0.489 e. The average Bonchev–Trinajstić information content (AvgIpc) is 2.57. The quantitative estimate of drug-likeness (QED) is 0.904. The number of nitrogens with two attached hydrogens (primary N) is 1. The lowest BCUT2D eigenvalue weighted by molar-refractivity contribution is 0.225. The number of halogens is 1. The van der Waals surface area contributed by atoms with Gasteiger partial charge < -0.3 is 10.5 Å². The third kappa shape index (κ3) is 3.00. The van der Waals surface area contributed by atoms with E-state index in [0.717, 1.165) is 0 Å². The summed E-state index contributed by atoms with van der Waals surface area (Å²) < 4.78 is 41.5. The van der Waals surface area contributed by atoms with Crippen LogP contribution in [-0.4, -0.2) is 26.0 Å². The first-order valence-electron chi connectivity index (χ1n) is 5.79. The van der Waals surface area contributed by atoms with Crippen molar-refractivity contribution in [2.75, 3.05) is 11.5 Å². The van der Waals surface area contributed by atoms with Gasteiger partial charge in [-0.25, -0.2) is 12.8 Å². The molecule has 1 aliphatic rings. The number of ether oxygens (including phenoxy) is 1. The molecule has 0 aliphatic carbocycles. The van der Waals surface area contributed by atoms with Crippen molar-refractivity contribution < 1.29 is 17.5 Å². The van der Waals surface area contributed by atoms with Gasteiger partial charge in [-0.05, 0) is 19.4 Å². The molecule has 2 atom stereocenters. The molecule has 1 unspecified atom stereocenters. The van der Waals surface area contributed by atoms with Gasteiger partial charge in [-0.15, -0.1) is 0 Å². The van der Waals surface area contributed by atoms with Crippen LogP contribution in [0, 0.1) is 5.82 Å². The number of hydrogen-bond donors (Lipinski definition) is 1. The lowest BCUT2D eigenvalue weighted by Crippen LogP contribution is -2.19. The van der Waals surface area contributed by atoms with E-state index < -0.39 is 21.8 Å². The van der Waals surface area contributed by atoms with Gasteiger partial charge in [-0.3, -0.25) is 0 Å². The highest BCUT2D eigenvalue weighted by atomic mass is 32.2. The van der Waals surface area contributed by atoms with Gasteiger partial charge in [-0.2, -0.15) is 0 Å². The second-order valence-corrected chi connectivity index (χ2v) is 6.84. The SMILES string of the molecule is C[C@@H](N)c1ccc(F)cc1OC1CCS(=O)(=O)C1. The second kappa shape index (κ2) is 4.85. The first kappa shape index (κ1) is 13.3. The van der Waals surface area contributed by atoms with Crippen LogP contribution in [0.3, 0.4) is 0 Å². The van der Waals surface area contributed by atoms with Crippen LogP contribution in [-0.2, 0) is 9.84 Å². The maximum Gasteiger partial charge on any atom is 0.154 e. The van der Waals surface area contributed by atoms with E-state index in [4.69, 9.17) is 10.5 Å². The van der Waals surface area contributed by atoms with Gasteiger partial charge in [0.25, 0.3) is 0 Å². The van der Waals surface area contributed by atoms with Crippen molar-refractivity contribution in [3.8, 4) is 5.75 Å². The lowest BCUT2D eigenvalue weighted by atomic mass is 10.1. The highest BCUT2D eigenvalue weighted by Gasteiger charge is 2.30. The molecule has 6 heteroatoms. The predicted octanol–water partition coefficient (Wildman–Crippen LogP) is 1.41. The summed E-state index contributed by atoms with van der Waals surface area (Å²) >= 11 is 0. The fourth-order valence-corrected chi connectivity index (χ4v) is 3.61. The maximum atomic E-state index is 13.2. The second-order valence-electron chi connectivity index (χ2n) is 4.61. The molecule has 1 heterocycles. The molecule has 0 saturated carbocycles.